The molecular weight excluding hydrogens is 251 g/mol. The largest absolute Gasteiger partial charge is 0.341 e. The SMILES string of the molecule is NCc1cc(F)ccc1N1CCCCc2ccccc21. The first-order chi connectivity index (χ1) is 9.79. The number of hydrogen-bond acceptors (Lipinski definition) is 2. The molecule has 0 atom stereocenters. The highest BCUT2D eigenvalue weighted by Crippen LogP contribution is 2.34. The summed E-state index contributed by atoms with van der Waals surface area (Å²) in [6.07, 6.45) is 3.43. The van der Waals surface area contributed by atoms with Crippen molar-refractivity contribution in [2.75, 3.05) is 11.4 Å². The van der Waals surface area contributed by atoms with Crippen molar-refractivity contribution in [3.63, 3.8) is 0 Å². The third kappa shape index (κ3) is 2.41. The molecule has 3 rings (SSSR count). The molecule has 2 aromatic rings. The van der Waals surface area contributed by atoms with Crippen molar-refractivity contribution < 1.29 is 4.39 Å². The van der Waals surface area contributed by atoms with Gasteiger partial charge in [-0.2, -0.15) is 0 Å². The van der Waals surface area contributed by atoms with E-state index < -0.39 is 0 Å². The molecular formula is C17H19FN2. The Morgan fingerprint density at radius 2 is 1.90 bits per heavy atom. The zero-order valence-corrected chi connectivity index (χ0v) is 11.5. The Morgan fingerprint density at radius 1 is 1.05 bits per heavy atom. The highest BCUT2D eigenvalue weighted by molar-refractivity contribution is 5.69. The Bertz CT molecular complexity index is 610. The van der Waals surface area contributed by atoms with Gasteiger partial charge in [-0.3, -0.25) is 0 Å². The molecule has 0 fully saturated rings. The fraction of sp³-hybridized carbons (Fsp3) is 0.294. The molecule has 0 aliphatic carbocycles. The van der Waals surface area contributed by atoms with E-state index in [-0.39, 0.29) is 5.82 Å². The summed E-state index contributed by atoms with van der Waals surface area (Å²) in [6.45, 7) is 1.31. The summed E-state index contributed by atoms with van der Waals surface area (Å²) in [7, 11) is 0. The van der Waals surface area contributed by atoms with Gasteiger partial charge in [0.25, 0.3) is 0 Å². The molecule has 3 heteroatoms. The monoisotopic (exact) mass is 270 g/mol. The van der Waals surface area contributed by atoms with Gasteiger partial charge in [-0.25, -0.2) is 4.39 Å². The van der Waals surface area contributed by atoms with Gasteiger partial charge >= 0.3 is 0 Å². The van der Waals surface area contributed by atoms with Crippen molar-refractivity contribution in [1.82, 2.24) is 0 Å². The lowest BCUT2D eigenvalue weighted by atomic mass is 10.1. The van der Waals surface area contributed by atoms with Crippen molar-refractivity contribution in [3.05, 3.63) is 59.4 Å². The highest BCUT2D eigenvalue weighted by Gasteiger charge is 2.18. The third-order valence-electron chi connectivity index (χ3n) is 3.91. The van der Waals surface area contributed by atoms with Crippen molar-refractivity contribution in [2.45, 2.75) is 25.8 Å². The van der Waals surface area contributed by atoms with E-state index in [2.05, 4.69) is 29.2 Å². The van der Waals surface area contributed by atoms with Gasteiger partial charge in [-0.15, -0.1) is 0 Å². The number of fused-ring (bicyclic) bond motifs is 1. The standard InChI is InChI=1S/C17H19FN2/c18-15-8-9-17(14(11-15)12-19)20-10-4-3-6-13-5-1-2-7-16(13)20/h1-2,5,7-9,11H,3-4,6,10,12,19H2. The number of para-hydroxylation sites is 1. The van der Waals surface area contributed by atoms with E-state index in [1.165, 1.54) is 23.7 Å². The number of benzene rings is 2. The summed E-state index contributed by atoms with van der Waals surface area (Å²) in [4.78, 5) is 2.28. The Balaban J connectivity index is 2.10. The Labute approximate surface area is 119 Å². The third-order valence-corrected chi connectivity index (χ3v) is 3.91. The van der Waals surface area contributed by atoms with Gasteiger partial charge < -0.3 is 10.6 Å². The quantitative estimate of drug-likeness (QED) is 0.900. The lowest BCUT2D eigenvalue weighted by Gasteiger charge is -2.27. The van der Waals surface area contributed by atoms with Gasteiger partial charge in [0.2, 0.25) is 0 Å². The van der Waals surface area contributed by atoms with Crippen LogP contribution in [0.2, 0.25) is 0 Å². The first-order valence-electron chi connectivity index (χ1n) is 7.13. The molecule has 0 radical (unpaired) electrons. The topological polar surface area (TPSA) is 29.3 Å². The Morgan fingerprint density at radius 3 is 2.75 bits per heavy atom. The summed E-state index contributed by atoms with van der Waals surface area (Å²) in [5.74, 6) is -0.225. The van der Waals surface area contributed by atoms with Crippen LogP contribution < -0.4 is 10.6 Å². The molecule has 1 aliphatic heterocycles. The maximum Gasteiger partial charge on any atom is 0.123 e. The number of rotatable bonds is 2. The molecule has 0 spiro atoms. The van der Waals surface area contributed by atoms with Crippen molar-refractivity contribution in [1.29, 1.82) is 0 Å². The van der Waals surface area contributed by atoms with Gasteiger partial charge in [0.15, 0.2) is 0 Å². The van der Waals surface area contributed by atoms with E-state index in [1.54, 1.807) is 6.07 Å². The maximum absolute atomic E-state index is 13.4. The molecule has 0 aromatic heterocycles. The number of nitrogens with two attached hydrogens (primary N) is 1. The second-order valence-electron chi connectivity index (χ2n) is 5.21. The van der Waals surface area contributed by atoms with Crippen LogP contribution in [-0.2, 0) is 13.0 Å². The zero-order valence-electron chi connectivity index (χ0n) is 11.5. The van der Waals surface area contributed by atoms with Gasteiger partial charge in [-0.1, -0.05) is 18.2 Å². The molecule has 2 N–H and O–H groups in total. The van der Waals surface area contributed by atoms with E-state index in [4.69, 9.17) is 5.73 Å². The molecule has 2 nitrogen and oxygen atoms in total. The molecule has 0 saturated carbocycles. The number of nitrogens with zero attached hydrogens (tertiary/aromatic N) is 1. The van der Waals surface area contributed by atoms with Crippen LogP contribution in [0.25, 0.3) is 0 Å². The molecule has 0 amide bonds. The lowest BCUT2D eigenvalue weighted by molar-refractivity contribution is 0.625. The first-order valence-corrected chi connectivity index (χ1v) is 7.13. The molecule has 0 saturated heterocycles. The molecule has 20 heavy (non-hydrogen) atoms. The van der Waals surface area contributed by atoms with Crippen LogP contribution in [0, 0.1) is 5.82 Å². The minimum absolute atomic E-state index is 0.225. The maximum atomic E-state index is 13.4. The van der Waals surface area contributed by atoms with Crippen LogP contribution in [0.5, 0.6) is 0 Å². The van der Waals surface area contributed by atoms with Gasteiger partial charge in [0.1, 0.15) is 5.82 Å². The molecule has 1 heterocycles. The highest BCUT2D eigenvalue weighted by atomic mass is 19.1. The fourth-order valence-corrected chi connectivity index (χ4v) is 2.92. The van der Waals surface area contributed by atoms with Crippen LogP contribution in [-0.4, -0.2) is 6.54 Å². The van der Waals surface area contributed by atoms with Crippen LogP contribution in [0.4, 0.5) is 15.8 Å². The van der Waals surface area contributed by atoms with Crippen molar-refractivity contribution >= 4 is 11.4 Å². The van der Waals surface area contributed by atoms with E-state index in [1.807, 2.05) is 6.07 Å². The number of aryl methyl sites for hydroxylation is 1. The van der Waals surface area contributed by atoms with E-state index in [0.717, 1.165) is 30.6 Å². The first kappa shape index (κ1) is 13.1. The van der Waals surface area contributed by atoms with Crippen LogP contribution in [0.15, 0.2) is 42.5 Å². The minimum atomic E-state index is -0.225. The second-order valence-corrected chi connectivity index (χ2v) is 5.21. The van der Waals surface area contributed by atoms with Crippen molar-refractivity contribution in [2.24, 2.45) is 5.73 Å². The fourth-order valence-electron chi connectivity index (χ4n) is 2.92. The number of hydrogen-bond donors (Lipinski definition) is 1. The number of anilines is 2. The zero-order chi connectivity index (χ0) is 13.9. The van der Waals surface area contributed by atoms with Gasteiger partial charge in [0, 0.05) is 24.5 Å². The van der Waals surface area contributed by atoms with Gasteiger partial charge in [-0.05, 0) is 54.7 Å². The van der Waals surface area contributed by atoms with Crippen molar-refractivity contribution in [3.8, 4) is 0 Å². The van der Waals surface area contributed by atoms with Crippen LogP contribution in [0.3, 0.4) is 0 Å². The average molecular weight is 270 g/mol. The second kappa shape index (κ2) is 5.63. The van der Waals surface area contributed by atoms with Gasteiger partial charge in [0.05, 0.1) is 0 Å². The molecule has 104 valence electrons. The molecule has 2 aromatic carbocycles. The normalized spacial score (nSPS) is 14.8. The molecule has 0 unspecified atom stereocenters. The lowest BCUT2D eigenvalue weighted by Crippen LogP contribution is -2.20. The van der Waals surface area contributed by atoms with Crippen LogP contribution >= 0.6 is 0 Å². The summed E-state index contributed by atoms with van der Waals surface area (Å²) >= 11 is 0. The minimum Gasteiger partial charge on any atom is -0.341 e. The van der Waals surface area contributed by atoms with E-state index >= 15 is 0 Å². The Hall–Kier alpha value is -1.87. The predicted molar refractivity (Wildman–Crippen MR) is 80.7 cm³/mol. The van der Waals surface area contributed by atoms with Crippen LogP contribution in [0.1, 0.15) is 24.0 Å². The van der Waals surface area contributed by atoms with E-state index in [9.17, 15) is 4.39 Å². The summed E-state index contributed by atoms with van der Waals surface area (Å²) < 4.78 is 13.4. The van der Waals surface area contributed by atoms with E-state index in [0.29, 0.717) is 6.54 Å². The average Bonchev–Trinajstić information content (AvgIpc) is 2.69. The summed E-state index contributed by atoms with van der Waals surface area (Å²) in [5, 5.41) is 0. The smallest absolute Gasteiger partial charge is 0.123 e. The predicted octanol–water partition coefficient (Wildman–Crippen LogP) is 3.76. The summed E-state index contributed by atoms with van der Waals surface area (Å²) in [6, 6.07) is 13.4. The molecule has 0 bridgehead atoms. The number of halogens is 1. The Kier molecular flexibility index (Phi) is 3.70. The molecule has 1 aliphatic rings. The summed E-state index contributed by atoms with van der Waals surface area (Å²) in [5.41, 5.74) is 10.3.